The maximum Gasteiger partial charge on any atom is 0.313 e. The quantitative estimate of drug-likeness (QED) is 0.621. The van der Waals surface area contributed by atoms with Gasteiger partial charge in [-0.3, -0.25) is 14.7 Å². The van der Waals surface area contributed by atoms with E-state index in [2.05, 4.69) is 20.5 Å². The number of amides is 2. The minimum absolute atomic E-state index is 0.119. The smallest absolute Gasteiger partial charge is 0.313 e. The number of anilines is 1. The number of halogens is 2. The van der Waals surface area contributed by atoms with Gasteiger partial charge in [-0.2, -0.15) is 0 Å². The summed E-state index contributed by atoms with van der Waals surface area (Å²) in [5.74, 6) is -3.56. The number of aromatic nitrogens is 3. The van der Waals surface area contributed by atoms with Gasteiger partial charge in [0.05, 0.1) is 18.5 Å². The number of benzene rings is 1. The maximum atomic E-state index is 13.5. The fraction of sp³-hybridized carbons (Fsp3) is 0.0667. The molecule has 0 bridgehead atoms. The van der Waals surface area contributed by atoms with Crippen molar-refractivity contribution >= 4 is 17.5 Å². The van der Waals surface area contributed by atoms with Gasteiger partial charge in [-0.1, -0.05) is 6.07 Å². The van der Waals surface area contributed by atoms with E-state index < -0.39 is 29.1 Å². The van der Waals surface area contributed by atoms with E-state index >= 15 is 0 Å². The number of nitrogens with zero attached hydrogens (tertiary/aromatic N) is 2. The maximum absolute atomic E-state index is 13.5. The number of hydrogen-bond acceptors (Lipinski definition) is 5. The average Bonchev–Trinajstić information content (AvgIpc) is 3.27. The van der Waals surface area contributed by atoms with E-state index in [1.54, 1.807) is 12.1 Å². The van der Waals surface area contributed by atoms with Crippen LogP contribution in [-0.4, -0.2) is 27.0 Å². The summed E-state index contributed by atoms with van der Waals surface area (Å²) in [7, 11) is 0. The van der Waals surface area contributed by atoms with Crippen molar-refractivity contribution in [2.24, 2.45) is 0 Å². The molecule has 8 nitrogen and oxygen atoms in total. The van der Waals surface area contributed by atoms with Crippen molar-refractivity contribution in [3.8, 4) is 11.6 Å². The molecular weight excluding hydrogens is 336 g/mol. The number of H-pyrrole nitrogens is 1. The number of nitrogens with one attached hydrogen (secondary N) is 3. The molecule has 10 heteroatoms. The number of carbonyl (C=O) groups excluding carboxylic acids is 2. The van der Waals surface area contributed by atoms with Crippen molar-refractivity contribution in [1.82, 2.24) is 20.5 Å². The molecule has 3 N–H and O–H groups in total. The lowest BCUT2D eigenvalue weighted by atomic mass is 10.3. The van der Waals surface area contributed by atoms with Crippen LogP contribution in [0.1, 0.15) is 5.82 Å². The number of furan rings is 1. The Kier molecular flexibility index (Phi) is 4.50. The molecule has 2 aromatic heterocycles. The van der Waals surface area contributed by atoms with E-state index in [4.69, 9.17) is 4.42 Å². The first-order chi connectivity index (χ1) is 12.0. The second-order valence-electron chi connectivity index (χ2n) is 4.82. The lowest BCUT2D eigenvalue weighted by Gasteiger charge is -2.06. The van der Waals surface area contributed by atoms with Crippen LogP contribution in [0.5, 0.6) is 0 Å². The van der Waals surface area contributed by atoms with Crippen molar-refractivity contribution in [2.45, 2.75) is 6.54 Å². The van der Waals surface area contributed by atoms with Gasteiger partial charge in [-0.15, -0.1) is 5.10 Å². The van der Waals surface area contributed by atoms with E-state index in [9.17, 15) is 18.4 Å². The van der Waals surface area contributed by atoms with E-state index in [-0.39, 0.29) is 12.4 Å². The molecule has 128 valence electrons. The summed E-state index contributed by atoms with van der Waals surface area (Å²) >= 11 is 0. The summed E-state index contributed by atoms with van der Waals surface area (Å²) in [6.45, 7) is -0.119. The first-order valence-corrected chi connectivity index (χ1v) is 7.03. The van der Waals surface area contributed by atoms with Gasteiger partial charge in [0.25, 0.3) is 0 Å². The fourth-order valence-electron chi connectivity index (χ4n) is 1.91. The van der Waals surface area contributed by atoms with Crippen LogP contribution in [0.3, 0.4) is 0 Å². The summed E-state index contributed by atoms with van der Waals surface area (Å²) < 4.78 is 31.6. The monoisotopic (exact) mass is 347 g/mol. The van der Waals surface area contributed by atoms with Crippen molar-refractivity contribution < 1.29 is 22.8 Å². The van der Waals surface area contributed by atoms with Gasteiger partial charge in [0, 0.05) is 0 Å². The Balaban J connectivity index is 1.57. The minimum Gasteiger partial charge on any atom is -0.461 e. The lowest BCUT2D eigenvalue weighted by molar-refractivity contribution is -0.136. The zero-order valence-electron chi connectivity index (χ0n) is 12.5. The molecule has 0 spiro atoms. The van der Waals surface area contributed by atoms with Crippen molar-refractivity contribution in [3.05, 3.63) is 54.1 Å². The summed E-state index contributed by atoms with van der Waals surface area (Å²) in [6, 6.07) is 6.56. The molecular formula is C15H11F2N5O3. The van der Waals surface area contributed by atoms with Gasteiger partial charge >= 0.3 is 11.8 Å². The molecule has 3 aromatic rings. The van der Waals surface area contributed by atoms with Gasteiger partial charge in [0.15, 0.2) is 17.4 Å². The molecule has 2 heterocycles. The number of hydrogen-bond donors (Lipinski definition) is 3. The van der Waals surface area contributed by atoms with Crippen molar-refractivity contribution in [3.63, 3.8) is 0 Å². The molecule has 0 fully saturated rings. The fourth-order valence-corrected chi connectivity index (χ4v) is 1.91. The first-order valence-electron chi connectivity index (χ1n) is 7.03. The Morgan fingerprint density at radius 2 is 2.00 bits per heavy atom. The average molecular weight is 347 g/mol. The van der Waals surface area contributed by atoms with Gasteiger partial charge < -0.3 is 15.1 Å². The third kappa shape index (κ3) is 3.68. The van der Waals surface area contributed by atoms with Crippen LogP contribution in [0.25, 0.3) is 11.6 Å². The first kappa shape index (κ1) is 16.3. The van der Waals surface area contributed by atoms with E-state index in [1.165, 1.54) is 12.3 Å². The summed E-state index contributed by atoms with van der Waals surface area (Å²) in [5, 5.41) is 10.7. The highest BCUT2D eigenvalue weighted by molar-refractivity contribution is 6.39. The minimum atomic E-state index is -1.25. The highest BCUT2D eigenvalue weighted by Gasteiger charge is 2.17. The third-order valence-electron chi connectivity index (χ3n) is 3.10. The normalized spacial score (nSPS) is 10.5. The van der Waals surface area contributed by atoms with Crippen LogP contribution < -0.4 is 10.6 Å². The highest BCUT2D eigenvalue weighted by atomic mass is 19.2. The Morgan fingerprint density at radius 1 is 1.16 bits per heavy atom. The second kappa shape index (κ2) is 6.91. The molecule has 0 saturated heterocycles. The summed E-state index contributed by atoms with van der Waals surface area (Å²) in [4.78, 5) is 27.5. The molecule has 0 unspecified atom stereocenters. The zero-order chi connectivity index (χ0) is 17.8. The molecule has 0 atom stereocenters. The molecule has 1 aromatic carbocycles. The van der Waals surface area contributed by atoms with Crippen LogP contribution in [0.15, 0.2) is 41.0 Å². The van der Waals surface area contributed by atoms with Crippen molar-refractivity contribution in [2.75, 3.05) is 5.32 Å². The lowest BCUT2D eigenvalue weighted by Crippen LogP contribution is -2.35. The standard InChI is InChI=1S/C15H11F2N5O3/c16-8-3-1-4-9(12(8)17)19-15(24)14(23)18-7-11-20-13(22-21-11)10-5-2-6-25-10/h1-6H,7H2,(H,18,23)(H,19,24)(H,20,21,22). The molecule has 2 amide bonds. The van der Waals surface area contributed by atoms with E-state index in [0.717, 1.165) is 12.1 Å². The van der Waals surface area contributed by atoms with Gasteiger partial charge in [-0.05, 0) is 24.3 Å². The molecule has 0 radical (unpaired) electrons. The van der Waals surface area contributed by atoms with Crippen LogP contribution in [0.4, 0.5) is 14.5 Å². The van der Waals surface area contributed by atoms with E-state index in [1.807, 2.05) is 5.32 Å². The second-order valence-corrected chi connectivity index (χ2v) is 4.82. The predicted molar refractivity (Wildman–Crippen MR) is 80.9 cm³/mol. The predicted octanol–water partition coefficient (Wildman–Crippen LogP) is 1.60. The molecule has 25 heavy (non-hydrogen) atoms. The number of rotatable bonds is 4. The molecule has 0 aliphatic carbocycles. The third-order valence-corrected chi connectivity index (χ3v) is 3.10. The van der Waals surface area contributed by atoms with Crippen LogP contribution >= 0.6 is 0 Å². The molecule has 0 saturated carbocycles. The van der Waals surface area contributed by atoms with Crippen molar-refractivity contribution in [1.29, 1.82) is 0 Å². The SMILES string of the molecule is O=C(NCc1nc(-c2ccco2)n[nH]1)C(=O)Nc1cccc(F)c1F. The highest BCUT2D eigenvalue weighted by Crippen LogP contribution is 2.16. The summed E-state index contributed by atoms with van der Waals surface area (Å²) in [5.41, 5.74) is -0.431. The number of carbonyl (C=O) groups is 2. The van der Waals surface area contributed by atoms with Crippen LogP contribution in [-0.2, 0) is 16.1 Å². The van der Waals surface area contributed by atoms with Crippen LogP contribution in [0, 0.1) is 11.6 Å². The zero-order valence-corrected chi connectivity index (χ0v) is 12.5. The molecule has 0 aliphatic rings. The van der Waals surface area contributed by atoms with Gasteiger partial charge in [0.2, 0.25) is 5.82 Å². The number of aromatic amines is 1. The molecule has 3 rings (SSSR count). The Morgan fingerprint density at radius 3 is 2.76 bits per heavy atom. The largest absolute Gasteiger partial charge is 0.461 e. The Hall–Kier alpha value is -3.56. The van der Waals surface area contributed by atoms with Gasteiger partial charge in [0.1, 0.15) is 5.82 Å². The Bertz CT molecular complexity index is 908. The summed E-state index contributed by atoms with van der Waals surface area (Å²) in [6.07, 6.45) is 1.46. The topological polar surface area (TPSA) is 113 Å². The molecule has 0 aliphatic heterocycles. The van der Waals surface area contributed by atoms with Gasteiger partial charge in [-0.25, -0.2) is 13.8 Å². The van der Waals surface area contributed by atoms with Crippen LogP contribution in [0.2, 0.25) is 0 Å². The van der Waals surface area contributed by atoms with E-state index in [0.29, 0.717) is 11.6 Å². The Labute approximate surface area is 139 Å².